The molecule has 0 aromatic heterocycles. The lowest BCUT2D eigenvalue weighted by Gasteiger charge is -2.49. The van der Waals surface area contributed by atoms with E-state index in [0.29, 0.717) is 6.54 Å². The summed E-state index contributed by atoms with van der Waals surface area (Å²) in [5, 5.41) is 3.03. The van der Waals surface area contributed by atoms with Gasteiger partial charge in [-0.3, -0.25) is 9.69 Å². The molecule has 0 spiro atoms. The highest BCUT2D eigenvalue weighted by molar-refractivity contribution is 7.97. The molecule has 1 heterocycles. The number of nitrogens with zero attached hydrogens (tertiary/aromatic N) is 2. The van der Waals surface area contributed by atoms with Crippen molar-refractivity contribution in [3.05, 3.63) is 35.4 Å². The van der Waals surface area contributed by atoms with Crippen LogP contribution in [0.25, 0.3) is 0 Å². The standard InChI is InChI=1S/C22H32F3N3OS/c1-2-16-30-28-14-12-27(13-15-28)21(10-4-3-5-11-21)17-26-20(29)18-6-8-19(9-7-18)22(23,24)25/h6-9H,2-5,10-17H2,1H3,(H,26,29). The normalized spacial score (nSPS) is 20.8. The average Bonchev–Trinajstić information content (AvgIpc) is 2.76. The van der Waals surface area contributed by atoms with Crippen LogP contribution in [0.1, 0.15) is 61.4 Å². The van der Waals surface area contributed by atoms with Crippen LogP contribution in [0.5, 0.6) is 0 Å². The quantitative estimate of drug-likeness (QED) is 0.614. The van der Waals surface area contributed by atoms with Crippen LogP contribution in [0.2, 0.25) is 0 Å². The molecule has 1 N–H and O–H groups in total. The summed E-state index contributed by atoms with van der Waals surface area (Å²) in [6.45, 7) is 6.78. The number of nitrogens with one attached hydrogen (secondary N) is 1. The van der Waals surface area contributed by atoms with E-state index in [1.54, 1.807) is 0 Å². The molecule has 168 valence electrons. The fourth-order valence-electron chi connectivity index (χ4n) is 4.48. The van der Waals surface area contributed by atoms with Gasteiger partial charge < -0.3 is 5.32 Å². The molecule has 4 nitrogen and oxygen atoms in total. The van der Waals surface area contributed by atoms with Gasteiger partial charge in [0.2, 0.25) is 0 Å². The number of carbonyl (C=O) groups excluding carboxylic acids is 1. The van der Waals surface area contributed by atoms with Crippen molar-refractivity contribution in [3.8, 4) is 0 Å². The van der Waals surface area contributed by atoms with E-state index in [0.717, 1.165) is 69.7 Å². The summed E-state index contributed by atoms with van der Waals surface area (Å²) in [6, 6.07) is 4.46. The van der Waals surface area contributed by atoms with Crippen LogP contribution in [0, 0.1) is 0 Å². The van der Waals surface area contributed by atoms with E-state index in [-0.39, 0.29) is 17.0 Å². The minimum atomic E-state index is -4.39. The molecule has 1 saturated carbocycles. The molecule has 1 aliphatic carbocycles. The van der Waals surface area contributed by atoms with Crippen molar-refractivity contribution in [1.82, 2.24) is 14.5 Å². The Hall–Kier alpha value is -1.25. The SMILES string of the molecule is CCCSN1CCN(C2(CNC(=O)c3ccc(C(F)(F)F)cc3)CCCCC2)CC1. The van der Waals surface area contributed by atoms with Crippen LogP contribution >= 0.6 is 11.9 Å². The number of hydrogen-bond donors (Lipinski definition) is 1. The van der Waals surface area contributed by atoms with Gasteiger partial charge in [-0.05, 0) is 43.5 Å². The van der Waals surface area contributed by atoms with E-state index in [1.165, 1.54) is 25.0 Å². The topological polar surface area (TPSA) is 35.6 Å². The molecular formula is C22H32F3N3OS. The first kappa shape index (κ1) is 23.4. The number of alkyl halides is 3. The summed E-state index contributed by atoms with van der Waals surface area (Å²) in [5.41, 5.74) is -0.502. The van der Waals surface area contributed by atoms with Crippen molar-refractivity contribution in [2.45, 2.75) is 57.2 Å². The fourth-order valence-corrected chi connectivity index (χ4v) is 5.35. The average molecular weight is 444 g/mol. The first-order chi connectivity index (χ1) is 14.3. The van der Waals surface area contributed by atoms with Gasteiger partial charge in [-0.25, -0.2) is 4.31 Å². The summed E-state index contributed by atoms with van der Waals surface area (Å²) in [4.78, 5) is 15.2. The second-order valence-corrected chi connectivity index (χ2v) is 9.47. The zero-order chi connectivity index (χ0) is 21.6. The molecule has 3 rings (SSSR count). The van der Waals surface area contributed by atoms with Gasteiger partial charge in [0.25, 0.3) is 5.91 Å². The lowest BCUT2D eigenvalue weighted by atomic mass is 9.79. The third-order valence-electron chi connectivity index (χ3n) is 6.22. The second-order valence-electron chi connectivity index (χ2n) is 8.29. The minimum absolute atomic E-state index is 0.0403. The van der Waals surface area contributed by atoms with Crippen LogP contribution in [-0.2, 0) is 6.18 Å². The first-order valence-electron chi connectivity index (χ1n) is 10.9. The number of carbonyl (C=O) groups is 1. The van der Waals surface area contributed by atoms with Gasteiger partial charge in [0.05, 0.1) is 5.56 Å². The molecule has 8 heteroatoms. The van der Waals surface area contributed by atoms with Gasteiger partial charge in [-0.2, -0.15) is 13.2 Å². The van der Waals surface area contributed by atoms with Crippen LogP contribution < -0.4 is 5.32 Å². The molecule has 1 amide bonds. The summed E-state index contributed by atoms with van der Waals surface area (Å²) in [6.07, 6.45) is 2.43. The molecule has 1 aliphatic heterocycles. The zero-order valence-electron chi connectivity index (χ0n) is 17.6. The predicted octanol–water partition coefficient (Wildman–Crippen LogP) is 4.81. The Labute approximate surface area is 181 Å². The summed E-state index contributed by atoms with van der Waals surface area (Å²) < 4.78 is 40.7. The van der Waals surface area contributed by atoms with Crippen molar-refractivity contribution < 1.29 is 18.0 Å². The van der Waals surface area contributed by atoms with Gasteiger partial charge in [0, 0.05) is 49.6 Å². The maximum absolute atomic E-state index is 12.8. The molecule has 1 saturated heterocycles. The number of rotatable bonds is 7. The molecule has 1 aromatic rings. The monoisotopic (exact) mass is 443 g/mol. The van der Waals surface area contributed by atoms with E-state index in [1.807, 2.05) is 11.9 Å². The van der Waals surface area contributed by atoms with E-state index >= 15 is 0 Å². The summed E-state index contributed by atoms with van der Waals surface area (Å²) in [7, 11) is 0. The van der Waals surface area contributed by atoms with E-state index < -0.39 is 11.7 Å². The van der Waals surface area contributed by atoms with Gasteiger partial charge in [-0.15, -0.1) is 0 Å². The molecule has 0 bridgehead atoms. The molecule has 1 aromatic carbocycles. The second kappa shape index (κ2) is 10.4. The molecular weight excluding hydrogens is 411 g/mol. The third-order valence-corrected chi connectivity index (χ3v) is 7.55. The van der Waals surface area contributed by atoms with Gasteiger partial charge in [0.15, 0.2) is 0 Å². The molecule has 2 aliphatic rings. The molecule has 30 heavy (non-hydrogen) atoms. The first-order valence-corrected chi connectivity index (χ1v) is 11.9. The van der Waals surface area contributed by atoms with Crippen LogP contribution in [0.4, 0.5) is 13.2 Å². The molecule has 0 radical (unpaired) electrons. The van der Waals surface area contributed by atoms with Crippen LogP contribution in [-0.4, -0.2) is 59.1 Å². The molecule has 0 atom stereocenters. The van der Waals surface area contributed by atoms with Crippen LogP contribution in [0.3, 0.4) is 0 Å². The molecule has 2 fully saturated rings. The zero-order valence-corrected chi connectivity index (χ0v) is 18.5. The highest BCUT2D eigenvalue weighted by Crippen LogP contribution is 2.35. The Bertz CT molecular complexity index is 682. The Morgan fingerprint density at radius 1 is 1.07 bits per heavy atom. The van der Waals surface area contributed by atoms with Gasteiger partial charge in [-0.1, -0.05) is 38.1 Å². The Morgan fingerprint density at radius 3 is 2.27 bits per heavy atom. The number of benzene rings is 1. The molecule has 0 unspecified atom stereocenters. The highest BCUT2D eigenvalue weighted by Gasteiger charge is 2.39. The smallest absolute Gasteiger partial charge is 0.350 e. The van der Waals surface area contributed by atoms with Gasteiger partial charge >= 0.3 is 6.18 Å². The van der Waals surface area contributed by atoms with E-state index in [9.17, 15) is 18.0 Å². The van der Waals surface area contributed by atoms with Crippen molar-refractivity contribution in [3.63, 3.8) is 0 Å². The van der Waals surface area contributed by atoms with Crippen LogP contribution in [0.15, 0.2) is 24.3 Å². The van der Waals surface area contributed by atoms with Crippen molar-refractivity contribution in [1.29, 1.82) is 0 Å². The maximum Gasteiger partial charge on any atom is 0.416 e. The van der Waals surface area contributed by atoms with E-state index in [2.05, 4.69) is 21.4 Å². The number of amides is 1. The Balaban J connectivity index is 1.60. The lowest BCUT2D eigenvalue weighted by Crippen LogP contribution is -2.61. The van der Waals surface area contributed by atoms with Gasteiger partial charge in [0.1, 0.15) is 0 Å². The highest BCUT2D eigenvalue weighted by atomic mass is 32.2. The van der Waals surface area contributed by atoms with Crippen molar-refractivity contribution in [2.75, 3.05) is 38.5 Å². The fraction of sp³-hybridized carbons (Fsp3) is 0.682. The van der Waals surface area contributed by atoms with Crippen molar-refractivity contribution in [2.24, 2.45) is 0 Å². The van der Waals surface area contributed by atoms with E-state index in [4.69, 9.17) is 0 Å². The predicted molar refractivity (Wildman–Crippen MR) is 115 cm³/mol. The number of hydrogen-bond acceptors (Lipinski definition) is 4. The maximum atomic E-state index is 12.8. The number of halogens is 3. The largest absolute Gasteiger partial charge is 0.416 e. The minimum Gasteiger partial charge on any atom is -0.350 e. The Morgan fingerprint density at radius 2 is 1.70 bits per heavy atom. The lowest BCUT2D eigenvalue weighted by molar-refractivity contribution is -0.137. The summed E-state index contributed by atoms with van der Waals surface area (Å²) >= 11 is 1.92. The third kappa shape index (κ3) is 5.92. The number of piperazine rings is 1. The summed E-state index contributed by atoms with van der Waals surface area (Å²) in [5.74, 6) is 0.847. The van der Waals surface area contributed by atoms with Crippen molar-refractivity contribution >= 4 is 17.9 Å². The Kier molecular flexibility index (Phi) is 8.10.